The maximum Gasteiger partial charge on any atom is 0.325 e. The van der Waals surface area contributed by atoms with Crippen molar-refractivity contribution in [1.29, 1.82) is 0 Å². The van der Waals surface area contributed by atoms with Crippen molar-refractivity contribution in [2.24, 2.45) is 0 Å². The van der Waals surface area contributed by atoms with Crippen molar-refractivity contribution in [3.63, 3.8) is 0 Å². The van der Waals surface area contributed by atoms with Gasteiger partial charge in [0.2, 0.25) is 0 Å². The topological polar surface area (TPSA) is 97.1 Å². The van der Waals surface area contributed by atoms with E-state index in [9.17, 15) is 9.59 Å². The number of nitrogens with one attached hydrogen (secondary N) is 1. The number of carboxylic acids is 1. The van der Waals surface area contributed by atoms with Gasteiger partial charge in [-0.3, -0.25) is 9.59 Å². The predicted octanol–water partition coefficient (Wildman–Crippen LogP) is 1.59. The van der Waals surface area contributed by atoms with E-state index in [4.69, 9.17) is 5.11 Å². The van der Waals surface area contributed by atoms with Crippen molar-refractivity contribution in [2.75, 3.05) is 0 Å². The smallest absolute Gasteiger partial charge is 0.325 e. The van der Waals surface area contributed by atoms with Crippen molar-refractivity contribution in [3.05, 3.63) is 47.3 Å². The first-order valence-corrected chi connectivity index (χ1v) is 7.26. The summed E-state index contributed by atoms with van der Waals surface area (Å²) in [4.78, 5) is 23.0. The van der Waals surface area contributed by atoms with Crippen molar-refractivity contribution >= 4 is 11.9 Å². The maximum absolute atomic E-state index is 12.4. The molecule has 1 amide bonds. The zero-order chi connectivity index (χ0) is 17.0. The van der Waals surface area contributed by atoms with Gasteiger partial charge < -0.3 is 10.4 Å². The summed E-state index contributed by atoms with van der Waals surface area (Å²) in [5, 5.41) is 19.0. The number of amides is 1. The number of nitrogens with zero attached hydrogens (tertiary/aromatic N) is 3. The van der Waals surface area contributed by atoms with Crippen LogP contribution in [0, 0.1) is 0 Å². The summed E-state index contributed by atoms with van der Waals surface area (Å²) in [6, 6.07) is 7.47. The van der Waals surface area contributed by atoms with Crippen molar-refractivity contribution in [3.8, 4) is 0 Å². The van der Waals surface area contributed by atoms with Gasteiger partial charge in [-0.15, -0.1) is 5.10 Å². The highest BCUT2D eigenvalue weighted by Crippen LogP contribution is 2.25. The quantitative estimate of drug-likeness (QED) is 0.873. The summed E-state index contributed by atoms with van der Waals surface area (Å²) in [6.07, 6.45) is 1.50. The fourth-order valence-electron chi connectivity index (χ4n) is 2.24. The predicted molar refractivity (Wildman–Crippen MR) is 84.0 cm³/mol. The van der Waals surface area contributed by atoms with Crippen LogP contribution < -0.4 is 5.32 Å². The Bertz CT molecular complexity index is 716. The number of carboxylic acid groups (broad SMARTS) is 1. The van der Waals surface area contributed by atoms with Gasteiger partial charge in [0.05, 0.1) is 12.7 Å². The summed E-state index contributed by atoms with van der Waals surface area (Å²) in [5.74, 6) is -1.19. The number of hydrogen-bond acceptors (Lipinski definition) is 4. The highest BCUT2D eigenvalue weighted by atomic mass is 16.4. The minimum atomic E-state index is -0.996. The van der Waals surface area contributed by atoms with Crippen LogP contribution in [0.5, 0.6) is 0 Å². The fraction of sp³-hybridized carbons (Fsp3) is 0.375. The molecule has 2 rings (SSSR count). The van der Waals surface area contributed by atoms with E-state index in [0.29, 0.717) is 11.3 Å². The third kappa shape index (κ3) is 4.38. The fourth-order valence-corrected chi connectivity index (χ4v) is 2.24. The maximum atomic E-state index is 12.4. The van der Waals surface area contributed by atoms with Crippen LogP contribution in [0.25, 0.3) is 0 Å². The van der Waals surface area contributed by atoms with E-state index in [1.54, 1.807) is 6.07 Å². The van der Waals surface area contributed by atoms with Gasteiger partial charge in [-0.1, -0.05) is 44.2 Å². The molecule has 0 fully saturated rings. The van der Waals surface area contributed by atoms with E-state index in [0.717, 1.165) is 5.56 Å². The molecule has 7 heteroatoms. The van der Waals surface area contributed by atoms with Crippen LogP contribution in [0.15, 0.2) is 30.5 Å². The minimum Gasteiger partial charge on any atom is -0.480 e. The summed E-state index contributed by atoms with van der Waals surface area (Å²) in [6.45, 7) is 6.09. The molecule has 122 valence electrons. The second kappa shape index (κ2) is 6.60. The van der Waals surface area contributed by atoms with Gasteiger partial charge in [-0.25, -0.2) is 4.68 Å². The van der Waals surface area contributed by atoms with E-state index in [1.165, 1.54) is 10.9 Å². The molecular formula is C16H20N4O3. The first-order chi connectivity index (χ1) is 10.8. The number of carbonyl (C=O) groups is 2. The molecule has 0 radical (unpaired) electrons. The Morgan fingerprint density at radius 1 is 1.26 bits per heavy atom. The third-order valence-electron chi connectivity index (χ3n) is 3.29. The Morgan fingerprint density at radius 3 is 2.61 bits per heavy atom. The van der Waals surface area contributed by atoms with E-state index in [-0.39, 0.29) is 24.4 Å². The van der Waals surface area contributed by atoms with Gasteiger partial charge in [0.1, 0.15) is 12.2 Å². The zero-order valence-corrected chi connectivity index (χ0v) is 13.4. The summed E-state index contributed by atoms with van der Waals surface area (Å²) < 4.78 is 1.22. The van der Waals surface area contributed by atoms with Crippen molar-refractivity contribution in [1.82, 2.24) is 20.3 Å². The Hall–Kier alpha value is -2.70. The molecule has 2 N–H and O–H groups in total. The van der Waals surface area contributed by atoms with Crippen LogP contribution in [0.3, 0.4) is 0 Å². The molecule has 0 atom stereocenters. The Labute approximate surface area is 134 Å². The lowest BCUT2D eigenvalue weighted by atomic mass is 9.83. The molecule has 7 nitrogen and oxygen atoms in total. The molecule has 23 heavy (non-hydrogen) atoms. The molecule has 0 aliphatic heterocycles. The normalized spacial score (nSPS) is 11.3. The number of benzene rings is 1. The molecule has 0 aliphatic rings. The molecule has 0 spiro atoms. The zero-order valence-electron chi connectivity index (χ0n) is 13.4. The second-order valence-electron chi connectivity index (χ2n) is 6.28. The lowest BCUT2D eigenvalue weighted by Crippen LogP contribution is -2.27. The third-order valence-corrected chi connectivity index (χ3v) is 3.29. The van der Waals surface area contributed by atoms with Crippen molar-refractivity contribution < 1.29 is 14.7 Å². The average Bonchev–Trinajstić information content (AvgIpc) is 2.90. The number of carbonyl (C=O) groups excluding carboxylic acids is 1. The number of aromatic nitrogens is 3. The largest absolute Gasteiger partial charge is 0.480 e. The SMILES string of the molecule is CC(C)(C)c1ccccc1C(=O)NCc1cn(CC(=O)O)nn1. The number of hydrogen-bond donors (Lipinski definition) is 2. The first-order valence-electron chi connectivity index (χ1n) is 7.26. The van der Waals surface area contributed by atoms with Gasteiger partial charge in [0.25, 0.3) is 5.91 Å². The van der Waals surface area contributed by atoms with E-state index >= 15 is 0 Å². The van der Waals surface area contributed by atoms with Crippen LogP contribution in [0.4, 0.5) is 0 Å². The van der Waals surface area contributed by atoms with Crippen LogP contribution in [-0.2, 0) is 23.3 Å². The standard InChI is InChI=1S/C16H20N4O3/c1-16(2,3)13-7-5-4-6-12(13)15(23)17-8-11-9-20(19-18-11)10-14(21)22/h4-7,9H,8,10H2,1-3H3,(H,17,23)(H,21,22). The Morgan fingerprint density at radius 2 is 1.96 bits per heavy atom. The van der Waals surface area contributed by atoms with Crippen molar-refractivity contribution in [2.45, 2.75) is 39.3 Å². The van der Waals surface area contributed by atoms with Gasteiger partial charge in [-0.2, -0.15) is 0 Å². The monoisotopic (exact) mass is 316 g/mol. The average molecular weight is 316 g/mol. The lowest BCUT2D eigenvalue weighted by molar-refractivity contribution is -0.137. The second-order valence-corrected chi connectivity index (χ2v) is 6.28. The lowest BCUT2D eigenvalue weighted by Gasteiger charge is -2.22. The molecule has 0 aliphatic carbocycles. The molecule has 1 aromatic carbocycles. The minimum absolute atomic E-state index is 0.140. The van der Waals surface area contributed by atoms with Crippen LogP contribution >= 0.6 is 0 Å². The van der Waals surface area contributed by atoms with Gasteiger partial charge in [0, 0.05) is 5.56 Å². The van der Waals surface area contributed by atoms with E-state index in [1.807, 2.05) is 18.2 Å². The molecule has 2 aromatic rings. The molecule has 1 aromatic heterocycles. The van der Waals surface area contributed by atoms with Gasteiger partial charge in [0.15, 0.2) is 0 Å². The molecule has 0 saturated carbocycles. The van der Waals surface area contributed by atoms with E-state index < -0.39 is 5.97 Å². The molecule has 0 unspecified atom stereocenters. The van der Waals surface area contributed by atoms with Crippen LogP contribution in [-0.4, -0.2) is 32.0 Å². The molecule has 1 heterocycles. The first kappa shape index (κ1) is 16.7. The number of aliphatic carboxylic acids is 1. The summed E-state index contributed by atoms with van der Waals surface area (Å²) in [7, 11) is 0. The van der Waals surface area contributed by atoms with E-state index in [2.05, 4.69) is 36.4 Å². The Balaban J connectivity index is 2.06. The highest BCUT2D eigenvalue weighted by molar-refractivity contribution is 5.96. The summed E-state index contributed by atoms with van der Waals surface area (Å²) >= 11 is 0. The molecule has 0 bridgehead atoms. The highest BCUT2D eigenvalue weighted by Gasteiger charge is 2.21. The van der Waals surface area contributed by atoms with Gasteiger partial charge >= 0.3 is 5.97 Å². The van der Waals surface area contributed by atoms with Gasteiger partial charge in [-0.05, 0) is 17.0 Å². The Kier molecular flexibility index (Phi) is 4.78. The molecule has 0 saturated heterocycles. The van der Waals surface area contributed by atoms with Crippen LogP contribution in [0.1, 0.15) is 42.4 Å². The van der Waals surface area contributed by atoms with Crippen LogP contribution in [0.2, 0.25) is 0 Å². The summed E-state index contributed by atoms with van der Waals surface area (Å²) in [5.41, 5.74) is 1.95. The number of rotatable bonds is 5. The molecular weight excluding hydrogens is 296 g/mol.